The summed E-state index contributed by atoms with van der Waals surface area (Å²) in [6.45, 7) is 5.75. The molecule has 0 saturated carbocycles. The van der Waals surface area contributed by atoms with Gasteiger partial charge in [0.25, 0.3) is 0 Å². The largest absolute Gasteiger partial charge is 0.333 e. The van der Waals surface area contributed by atoms with Crippen molar-refractivity contribution in [2.24, 2.45) is 0 Å². The molecule has 0 saturated heterocycles. The maximum absolute atomic E-state index is 11.6. The minimum absolute atomic E-state index is 0.254. The van der Waals surface area contributed by atoms with E-state index in [2.05, 4.69) is 26.6 Å². The molecule has 0 radical (unpaired) electrons. The van der Waals surface area contributed by atoms with Gasteiger partial charge in [-0.25, -0.2) is 4.79 Å². The number of hydrogen-bond acceptors (Lipinski definition) is 1. The summed E-state index contributed by atoms with van der Waals surface area (Å²) in [5.41, 5.74) is 0.379. The molecule has 5 heteroatoms. The number of carbonyl (C=O) groups is 1. The van der Waals surface area contributed by atoms with Crippen molar-refractivity contribution in [3.05, 3.63) is 27.7 Å². The van der Waals surface area contributed by atoms with E-state index in [4.69, 9.17) is 11.6 Å². The van der Waals surface area contributed by atoms with E-state index in [1.165, 1.54) is 0 Å². The number of amides is 2. The number of nitrogens with one attached hydrogen (secondary N) is 2. The monoisotopic (exact) mass is 304 g/mol. The Morgan fingerprint density at radius 1 is 1.38 bits per heavy atom. The standard InChI is InChI=1S/C11H14BrClN2O/c1-11(2,3)15-10(16)14-8-6-4-5-7(13)9(8)12/h4-6H,1-3H3,(H2,14,15,16). The van der Waals surface area contributed by atoms with E-state index < -0.39 is 0 Å². The number of rotatable bonds is 1. The lowest BCUT2D eigenvalue weighted by molar-refractivity contribution is 0.244. The fourth-order valence-corrected chi connectivity index (χ4v) is 1.63. The minimum atomic E-state index is -0.269. The third-order valence-corrected chi connectivity index (χ3v) is 3.09. The molecule has 0 aromatic heterocycles. The molecule has 0 spiro atoms. The van der Waals surface area contributed by atoms with Crippen molar-refractivity contribution in [2.75, 3.05) is 5.32 Å². The van der Waals surface area contributed by atoms with Gasteiger partial charge in [0.2, 0.25) is 0 Å². The van der Waals surface area contributed by atoms with Gasteiger partial charge in [0.05, 0.1) is 15.2 Å². The normalized spacial score (nSPS) is 11.1. The summed E-state index contributed by atoms with van der Waals surface area (Å²) >= 11 is 9.23. The number of hydrogen-bond donors (Lipinski definition) is 2. The Morgan fingerprint density at radius 3 is 2.56 bits per heavy atom. The van der Waals surface area contributed by atoms with Crippen LogP contribution in [0.25, 0.3) is 0 Å². The Labute approximate surface area is 109 Å². The number of urea groups is 1. The first kappa shape index (κ1) is 13.3. The van der Waals surface area contributed by atoms with E-state index >= 15 is 0 Å². The number of carbonyl (C=O) groups excluding carboxylic acids is 1. The highest BCUT2D eigenvalue weighted by atomic mass is 79.9. The first-order valence-electron chi connectivity index (χ1n) is 4.83. The van der Waals surface area contributed by atoms with Gasteiger partial charge in [-0.05, 0) is 48.8 Å². The van der Waals surface area contributed by atoms with Crippen molar-refractivity contribution in [1.29, 1.82) is 0 Å². The van der Waals surface area contributed by atoms with Crippen LogP contribution in [0.1, 0.15) is 20.8 Å². The van der Waals surface area contributed by atoms with E-state index in [1.807, 2.05) is 20.8 Å². The summed E-state index contributed by atoms with van der Waals surface area (Å²) in [6.07, 6.45) is 0. The molecular weight excluding hydrogens is 291 g/mol. The van der Waals surface area contributed by atoms with Gasteiger partial charge < -0.3 is 10.6 Å². The van der Waals surface area contributed by atoms with Crippen molar-refractivity contribution in [3.8, 4) is 0 Å². The Balaban J connectivity index is 2.74. The maximum atomic E-state index is 11.6. The quantitative estimate of drug-likeness (QED) is 0.808. The lowest BCUT2D eigenvalue weighted by Gasteiger charge is -2.21. The van der Waals surface area contributed by atoms with Crippen LogP contribution in [0.2, 0.25) is 5.02 Å². The minimum Gasteiger partial charge on any atom is -0.333 e. The first-order valence-corrected chi connectivity index (χ1v) is 6.00. The maximum Gasteiger partial charge on any atom is 0.319 e. The highest BCUT2D eigenvalue weighted by Gasteiger charge is 2.14. The molecule has 0 aliphatic rings. The Bertz CT molecular complexity index is 401. The van der Waals surface area contributed by atoms with E-state index in [0.29, 0.717) is 15.2 Å². The molecule has 0 heterocycles. The molecule has 0 unspecified atom stereocenters. The second-order valence-corrected chi connectivity index (χ2v) is 5.63. The molecule has 2 N–H and O–H groups in total. The summed E-state index contributed by atoms with van der Waals surface area (Å²) in [6, 6.07) is 5.05. The van der Waals surface area contributed by atoms with Crippen molar-refractivity contribution < 1.29 is 4.79 Å². The molecule has 16 heavy (non-hydrogen) atoms. The van der Waals surface area contributed by atoms with Crippen LogP contribution >= 0.6 is 27.5 Å². The molecule has 0 bridgehead atoms. The van der Waals surface area contributed by atoms with Crippen LogP contribution in [0.4, 0.5) is 10.5 Å². The first-order chi connectivity index (χ1) is 7.29. The summed E-state index contributed by atoms with van der Waals surface area (Å²) in [7, 11) is 0. The van der Waals surface area contributed by atoms with Gasteiger partial charge in [0.15, 0.2) is 0 Å². The topological polar surface area (TPSA) is 41.1 Å². The summed E-state index contributed by atoms with van der Waals surface area (Å²) in [5.74, 6) is 0. The summed E-state index contributed by atoms with van der Waals surface area (Å²) in [5, 5.41) is 6.09. The third kappa shape index (κ3) is 4.02. The van der Waals surface area contributed by atoms with Gasteiger partial charge in [-0.1, -0.05) is 17.7 Å². The summed E-state index contributed by atoms with van der Waals surface area (Å²) in [4.78, 5) is 11.6. The highest BCUT2D eigenvalue weighted by Crippen LogP contribution is 2.29. The molecule has 3 nitrogen and oxygen atoms in total. The number of halogens is 2. The van der Waals surface area contributed by atoms with E-state index in [1.54, 1.807) is 18.2 Å². The van der Waals surface area contributed by atoms with Crippen LogP contribution < -0.4 is 10.6 Å². The van der Waals surface area contributed by atoms with Crippen molar-refractivity contribution in [2.45, 2.75) is 26.3 Å². The zero-order valence-electron chi connectivity index (χ0n) is 9.40. The summed E-state index contributed by atoms with van der Waals surface area (Å²) < 4.78 is 0.681. The van der Waals surface area contributed by atoms with Crippen LogP contribution in [0.3, 0.4) is 0 Å². The van der Waals surface area contributed by atoms with Crippen molar-refractivity contribution in [1.82, 2.24) is 5.32 Å². The van der Waals surface area contributed by atoms with Crippen LogP contribution in [-0.2, 0) is 0 Å². The Kier molecular flexibility index (Phi) is 4.21. The zero-order valence-corrected chi connectivity index (χ0v) is 11.7. The Hall–Kier alpha value is -0.740. The molecule has 0 fully saturated rings. The van der Waals surface area contributed by atoms with Crippen molar-refractivity contribution >= 4 is 39.2 Å². The molecule has 0 aliphatic heterocycles. The molecule has 1 rings (SSSR count). The smallest absolute Gasteiger partial charge is 0.319 e. The molecule has 2 amide bonds. The van der Waals surface area contributed by atoms with Crippen LogP contribution in [-0.4, -0.2) is 11.6 Å². The average molecular weight is 306 g/mol. The fraction of sp³-hybridized carbons (Fsp3) is 0.364. The SMILES string of the molecule is CC(C)(C)NC(=O)Nc1cccc(Cl)c1Br. The second kappa shape index (κ2) is 5.06. The molecule has 0 aliphatic carbocycles. The average Bonchev–Trinajstić information content (AvgIpc) is 2.09. The highest BCUT2D eigenvalue weighted by molar-refractivity contribution is 9.10. The molecule has 88 valence electrons. The molecule has 1 aromatic rings. The lowest BCUT2D eigenvalue weighted by atomic mass is 10.1. The molecular formula is C11H14BrClN2O. The zero-order chi connectivity index (χ0) is 12.3. The van der Waals surface area contributed by atoms with Crippen LogP contribution in [0.5, 0.6) is 0 Å². The van der Waals surface area contributed by atoms with Gasteiger partial charge in [-0.3, -0.25) is 0 Å². The van der Waals surface area contributed by atoms with Gasteiger partial charge in [-0.2, -0.15) is 0 Å². The van der Waals surface area contributed by atoms with Crippen molar-refractivity contribution in [3.63, 3.8) is 0 Å². The van der Waals surface area contributed by atoms with Gasteiger partial charge >= 0.3 is 6.03 Å². The Morgan fingerprint density at radius 2 is 2.00 bits per heavy atom. The predicted octanol–water partition coefficient (Wildman–Crippen LogP) is 4.02. The van der Waals surface area contributed by atoms with E-state index in [-0.39, 0.29) is 11.6 Å². The van der Waals surface area contributed by atoms with Crippen LogP contribution in [0.15, 0.2) is 22.7 Å². The van der Waals surface area contributed by atoms with E-state index in [9.17, 15) is 4.79 Å². The lowest BCUT2D eigenvalue weighted by Crippen LogP contribution is -2.43. The van der Waals surface area contributed by atoms with E-state index in [0.717, 1.165) is 0 Å². The fourth-order valence-electron chi connectivity index (χ4n) is 1.09. The van der Waals surface area contributed by atoms with Gasteiger partial charge in [0, 0.05) is 5.54 Å². The number of benzene rings is 1. The molecule has 1 aromatic carbocycles. The van der Waals surface area contributed by atoms with Gasteiger partial charge in [-0.15, -0.1) is 0 Å². The van der Waals surface area contributed by atoms with Gasteiger partial charge in [0.1, 0.15) is 0 Å². The second-order valence-electron chi connectivity index (χ2n) is 4.43. The third-order valence-electron chi connectivity index (χ3n) is 1.69. The molecule has 0 atom stereocenters. The number of anilines is 1. The van der Waals surface area contributed by atoms with Crippen LogP contribution in [0, 0.1) is 0 Å². The predicted molar refractivity (Wildman–Crippen MR) is 71.1 cm³/mol.